The summed E-state index contributed by atoms with van der Waals surface area (Å²) in [5.74, 6) is -0.0216. The summed E-state index contributed by atoms with van der Waals surface area (Å²) in [5.41, 5.74) is 0.998. The molecule has 6 nitrogen and oxygen atoms in total. The standard InChI is InChI=1S/C19H32N4O2/c1-15-13-16(2)23(18(25)20-15)12-9-17(24)21-19(3,4)14-22-10-7-5-6-8-11-22/h13H,5-12,14H2,1-4H3,(H,21,24). The van der Waals surface area contributed by atoms with E-state index in [1.165, 1.54) is 25.7 Å². The fraction of sp³-hybridized carbons (Fsp3) is 0.737. The van der Waals surface area contributed by atoms with Crippen LogP contribution < -0.4 is 11.0 Å². The van der Waals surface area contributed by atoms with Crippen molar-refractivity contribution in [2.45, 2.75) is 71.9 Å². The Morgan fingerprint density at radius 2 is 1.84 bits per heavy atom. The second-order valence-electron chi connectivity index (χ2n) is 7.85. The lowest BCUT2D eigenvalue weighted by Gasteiger charge is -2.33. The molecule has 0 atom stereocenters. The van der Waals surface area contributed by atoms with Crippen molar-refractivity contribution in [3.63, 3.8) is 0 Å². The van der Waals surface area contributed by atoms with Gasteiger partial charge in [0.25, 0.3) is 0 Å². The van der Waals surface area contributed by atoms with Crippen LogP contribution in [0.25, 0.3) is 0 Å². The first-order valence-corrected chi connectivity index (χ1v) is 9.35. The van der Waals surface area contributed by atoms with E-state index in [-0.39, 0.29) is 23.6 Å². The van der Waals surface area contributed by atoms with Crippen LogP contribution in [0.3, 0.4) is 0 Å². The van der Waals surface area contributed by atoms with Crippen LogP contribution in [-0.4, -0.2) is 45.5 Å². The maximum Gasteiger partial charge on any atom is 0.347 e. The zero-order valence-electron chi connectivity index (χ0n) is 16.1. The fourth-order valence-corrected chi connectivity index (χ4v) is 3.59. The number of likely N-dealkylation sites (tertiary alicyclic amines) is 1. The highest BCUT2D eigenvalue weighted by Crippen LogP contribution is 2.13. The van der Waals surface area contributed by atoms with E-state index >= 15 is 0 Å². The number of amides is 1. The summed E-state index contributed by atoms with van der Waals surface area (Å²) in [6, 6.07) is 1.86. The Labute approximate surface area is 150 Å². The summed E-state index contributed by atoms with van der Waals surface area (Å²) in [7, 11) is 0. The summed E-state index contributed by atoms with van der Waals surface area (Å²) in [6.07, 6.45) is 5.39. The van der Waals surface area contributed by atoms with E-state index in [9.17, 15) is 9.59 Å². The molecule has 0 radical (unpaired) electrons. The highest BCUT2D eigenvalue weighted by Gasteiger charge is 2.24. The molecule has 1 aliphatic rings. The van der Waals surface area contributed by atoms with E-state index in [0.29, 0.717) is 12.2 Å². The van der Waals surface area contributed by atoms with Gasteiger partial charge in [0.05, 0.1) is 0 Å². The number of nitrogens with one attached hydrogen (secondary N) is 1. The Morgan fingerprint density at radius 1 is 1.20 bits per heavy atom. The van der Waals surface area contributed by atoms with Gasteiger partial charge in [-0.05, 0) is 59.7 Å². The van der Waals surface area contributed by atoms with Crippen molar-refractivity contribution in [2.75, 3.05) is 19.6 Å². The van der Waals surface area contributed by atoms with E-state index in [0.717, 1.165) is 25.3 Å². The lowest BCUT2D eigenvalue weighted by molar-refractivity contribution is -0.123. The summed E-state index contributed by atoms with van der Waals surface area (Å²) < 4.78 is 1.56. The summed E-state index contributed by atoms with van der Waals surface area (Å²) in [6.45, 7) is 11.3. The predicted octanol–water partition coefficient (Wildman–Crippen LogP) is 2.02. The van der Waals surface area contributed by atoms with E-state index in [4.69, 9.17) is 0 Å². The first kappa shape index (κ1) is 19.6. The minimum atomic E-state index is -0.283. The first-order valence-electron chi connectivity index (χ1n) is 9.35. The molecule has 1 fully saturated rings. The van der Waals surface area contributed by atoms with Crippen LogP contribution in [0, 0.1) is 13.8 Å². The molecule has 2 rings (SSSR count). The molecule has 0 aliphatic carbocycles. The van der Waals surface area contributed by atoms with Gasteiger partial charge in [0, 0.05) is 36.4 Å². The van der Waals surface area contributed by atoms with Gasteiger partial charge in [-0.3, -0.25) is 9.36 Å². The highest BCUT2D eigenvalue weighted by atomic mass is 16.2. The number of carbonyl (C=O) groups excluding carboxylic acids is 1. The molecule has 1 amide bonds. The Balaban J connectivity index is 1.87. The quantitative estimate of drug-likeness (QED) is 0.854. The monoisotopic (exact) mass is 348 g/mol. The molecule has 1 aliphatic heterocycles. The maximum atomic E-state index is 12.4. The molecule has 0 saturated carbocycles. The molecule has 0 spiro atoms. The van der Waals surface area contributed by atoms with Crippen LogP contribution in [0.1, 0.15) is 57.3 Å². The van der Waals surface area contributed by atoms with Gasteiger partial charge in [0.15, 0.2) is 0 Å². The first-order chi connectivity index (χ1) is 11.8. The number of carbonyl (C=O) groups is 1. The lowest BCUT2D eigenvalue weighted by Crippen LogP contribution is -2.51. The average molecular weight is 348 g/mol. The van der Waals surface area contributed by atoms with Gasteiger partial charge in [0.2, 0.25) is 5.91 Å². The number of aromatic nitrogens is 2. The van der Waals surface area contributed by atoms with Gasteiger partial charge in [-0.25, -0.2) is 4.79 Å². The van der Waals surface area contributed by atoms with Crippen molar-refractivity contribution in [1.82, 2.24) is 19.8 Å². The molecule has 6 heteroatoms. The minimum absolute atomic E-state index is 0.0216. The molecule has 0 bridgehead atoms. The Kier molecular flexibility index (Phi) is 6.76. The number of nitrogens with zero attached hydrogens (tertiary/aromatic N) is 3. The summed E-state index contributed by atoms with van der Waals surface area (Å²) in [5, 5.41) is 3.13. The lowest BCUT2D eigenvalue weighted by atomic mass is 10.0. The molecular formula is C19H32N4O2. The smallest absolute Gasteiger partial charge is 0.347 e. The van der Waals surface area contributed by atoms with Gasteiger partial charge in [0.1, 0.15) is 0 Å². The molecule has 1 saturated heterocycles. The molecule has 0 unspecified atom stereocenters. The van der Waals surface area contributed by atoms with Gasteiger partial charge < -0.3 is 10.2 Å². The highest BCUT2D eigenvalue weighted by molar-refractivity contribution is 5.76. The van der Waals surface area contributed by atoms with Gasteiger partial charge in [-0.1, -0.05) is 12.8 Å². The van der Waals surface area contributed by atoms with E-state index < -0.39 is 0 Å². The molecular weight excluding hydrogens is 316 g/mol. The summed E-state index contributed by atoms with van der Waals surface area (Å²) in [4.78, 5) is 30.7. The largest absolute Gasteiger partial charge is 0.350 e. The van der Waals surface area contributed by atoms with Crippen LogP contribution >= 0.6 is 0 Å². The number of rotatable bonds is 6. The van der Waals surface area contributed by atoms with Crippen molar-refractivity contribution in [2.24, 2.45) is 0 Å². The number of hydrogen-bond acceptors (Lipinski definition) is 4. The molecule has 1 N–H and O–H groups in total. The van der Waals surface area contributed by atoms with Crippen LogP contribution in [0.4, 0.5) is 0 Å². The number of hydrogen-bond donors (Lipinski definition) is 1. The van der Waals surface area contributed by atoms with Crippen molar-refractivity contribution in [1.29, 1.82) is 0 Å². The van der Waals surface area contributed by atoms with Crippen molar-refractivity contribution < 1.29 is 4.79 Å². The molecule has 140 valence electrons. The van der Waals surface area contributed by atoms with Gasteiger partial charge in [-0.15, -0.1) is 0 Å². The molecule has 1 aromatic rings. The Hall–Kier alpha value is -1.69. The maximum absolute atomic E-state index is 12.4. The molecule has 2 heterocycles. The van der Waals surface area contributed by atoms with Gasteiger partial charge >= 0.3 is 5.69 Å². The van der Waals surface area contributed by atoms with Crippen molar-refractivity contribution >= 4 is 5.91 Å². The Bertz CT molecular complexity index is 643. The van der Waals surface area contributed by atoms with Crippen LogP contribution in [0.5, 0.6) is 0 Å². The third-order valence-corrected chi connectivity index (χ3v) is 4.70. The SMILES string of the molecule is Cc1cc(C)n(CCC(=O)NC(C)(C)CN2CCCCCC2)c(=O)n1. The molecule has 1 aromatic heterocycles. The number of aryl methyl sites for hydroxylation is 2. The van der Waals surface area contributed by atoms with Crippen LogP contribution in [0.15, 0.2) is 10.9 Å². The summed E-state index contributed by atoms with van der Waals surface area (Å²) >= 11 is 0. The Morgan fingerprint density at radius 3 is 2.44 bits per heavy atom. The zero-order valence-corrected chi connectivity index (χ0v) is 16.1. The molecule has 0 aromatic carbocycles. The average Bonchev–Trinajstić information content (AvgIpc) is 2.73. The topological polar surface area (TPSA) is 67.2 Å². The van der Waals surface area contributed by atoms with E-state index in [2.05, 4.69) is 29.0 Å². The molecule has 25 heavy (non-hydrogen) atoms. The second kappa shape index (κ2) is 8.61. The zero-order chi connectivity index (χ0) is 18.4. The van der Waals surface area contributed by atoms with Crippen molar-refractivity contribution in [3.05, 3.63) is 27.9 Å². The fourth-order valence-electron chi connectivity index (χ4n) is 3.59. The van der Waals surface area contributed by atoms with Crippen molar-refractivity contribution in [3.8, 4) is 0 Å². The second-order valence-corrected chi connectivity index (χ2v) is 7.85. The normalized spacial score (nSPS) is 16.5. The van der Waals surface area contributed by atoms with E-state index in [1.54, 1.807) is 11.5 Å². The van der Waals surface area contributed by atoms with Crippen LogP contribution in [0.2, 0.25) is 0 Å². The van der Waals surface area contributed by atoms with Crippen LogP contribution in [-0.2, 0) is 11.3 Å². The predicted molar refractivity (Wildman–Crippen MR) is 99.7 cm³/mol. The third-order valence-electron chi connectivity index (χ3n) is 4.70. The third kappa shape index (κ3) is 6.27. The minimum Gasteiger partial charge on any atom is -0.350 e. The van der Waals surface area contributed by atoms with Gasteiger partial charge in [-0.2, -0.15) is 4.98 Å². The van der Waals surface area contributed by atoms with E-state index in [1.807, 2.05) is 13.0 Å².